The molecule has 0 saturated heterocycles. The van der Waals surface area contributed by atoms with Gasteiger partial charge in [-0.1, -0.05) is 6.07 Å². The van der Waals surface area contributed by atoms with Gasteiger partial charge in [0.15, 0.2) is 11.5 Å². The molecule has 20 heavy (non-hydrogen) atoms. The number of phenolic OH excluding ortho intramolecular Hbond substituents is 1. The third-order valence-corrected chi connectivity index (χ3v) is 3.08. The summed E-state index contributed by atoms with van der Waals surface area (Å²) in [5, 5.41) is 9.80. The average Bonchev–Trinajstić information content (AvgIpc) is 2.38. The molecular formula is C14H19NO5. The van der Waals surface area contributed by atoms with Crippen LogP contribution < -0.4 is 10.5 Å². The number of rotatable bonds is 4. The van der Waals surface area contributed by atoms with E-state index in [9.17, 15) is 14.7 Å². The first-order valence-corrected chi connectivity index (χ1v) is 6.05. The highest BCUT2D eigenvalue weighted by molar-refractivity contribution is 5.77. The highest BCUT2D eigenvalue weighted by Gasteiger charge is 2.36. The standard InChI is InChI=1S/C14H19NO5/c1-8(16)20-11-6-5-9(7-10(11)17)12(15)14(2,3)13(18)19-4/h5-7,12,17H,15H2,1-4H3/t12-/m0/s1. The molecule has 0 fully saturated rings. The number of aromatic hydroxyl groups is 1. The summed E-state index contributed by atoms with van der Waals surface area (Å²) in [6.45, 7) is 4.54. The normalized spacial score (nSPS) is 12.7. The molecule has 0 spiro atoms. The highest BCUT2D eigenvalue weighted by Crippen LogP contribution is 2.36. The number of carbonyl (C=O) groups excluding carboxylic acids is 2. The average molecular weight is 281 g/mol. The minimum atomic E-state index is -0.954. The van der Waals surface area contributed by atoms with Crippen LogP contribution >= 0.6 is 0 Å². The Kier molecular flexibility index (Phi) is 4.73. The zero-order valence-electron chi connectivity index (χ0n) is 12.0. The molecule has 0 amide bonds. The van der Waals surface area contributed by atoms with E-state index in [0.29, 0.717) is 5.56 Å². The van der Waals surface area contributed by atoms with Gasteiger partial charge in [-0.05, 0) is 31.5 Å². The topological polar surface area (TPSA) is 98.9 Å². The van der Waals surface area contributed by atoms with E-state index in [1.54, 1.807) is 19.9 Å². The van der Waals surface area contributed by atoms with Crippen molar-refractivity contribution in [3.8, 4) is 11.5 Å². The van der Waals surface area contributed by atoms with Gasteiger partial charge in [0.1, 0.15) is 0 Å². The van der Waals surface area contributed by atoms with Crippen molar-refractivity contribution in [3.05, 3.63) is 23.8 Å². The molecule has 3 N–H and O–H groups in total. The summed E-state index contributed by atoms with van der Waals surface area (Å²) in [4.78, 5) is 22.6. The lowest BCUT2D eigenvalue weighted by Crippen LogP contribution is -2.37. The Balaban J connectivity index is 3.06. The lowest BCUT2D eigenvalue weighted by Gasteiger charge is -2.29. The van der Waals surface area contributed by atoms with Crippen molar-refractivity contribution in [2.24, 2.45) is 11.1 Å². The minimum absolute atomic E-state index is 0.0457. The molecule has 6 heteroatoms. The molecule has 1 rings (SSSR count). The van der Waals surface area contributed by atoms with E-state index in [1.165, 1.54) is 26.2 Å². The van der Waals surface area contributed by atoms with E-state index in [4.69, 9.17) is 15.2 Å². The minimum Gasteiger partial charge on any atom is -0.504 e. The van der Waals surface area contributed by atoms with E-state index in [0.717, 1.165) is 0 Å². The highest BCUT2D eigenvalue weighted by atomic mass is 16.5. The van der Waals surface area contributed by atoms with Crippen LogP contribution in [0.25, 0.3) is 0 Å². The van der Waals surface area contributed by atoms with Crippen LogP contribution in [0, 0.1) is 5.41 Å². The SMILES string of the molecule is COC(=O)C(C)(C)[C@@H](N)c1ccc(OC(C)=O)c(O)c1. The van der Waals surface area contributed by atoms with Crippen molar-refractivity contribution in [1.82, 2.24) is 0 Å². The molecule has 6 nitrogen and oxygen atoms in total. The fourth-order valence-corrected chi connectivity index (χ4v) is 1.78. The fourth-order valence-electron chi connectivity index (χ4n) is 1.78. The molecule has 0 radical (unpaired) electrons. The Morgan fingerprint density at radius 2 is 1.95 bits per heavy atom. The number of nitrogens with two attached hydrogens (primary N) is 1. The Bertz CT molecular complexity index is 524. The van der Waals surface area contributed by atoms with E-state index in [1.807, 2.05) is 0 Å². The summed E-state index contributed by atoms with van der Waals surface area (Å²) in [6, 6.07) is 3.72. The summed E-state index contributed by atoms with van der Waals surface area (Å²) in [7, 11) is 1.29. The third kappa shape index (κ3) is 3.27. The van der Waals surface area contributed by atoms with Crippen molar-refractivity contribution in [2.45, 2.75) is 26.8 Å². The van der Waals surface area contributed by atoms with E-state index in [2.05, 4.69) is 0 Å². The summed E-state index contributed by atoms with van der Waals surface area (Å²) < 4.78 is 9.53. The summed E-state index contributed by atoms with van der Waals surface area (Å²) >= 11 is 0. The van der Waals surface area contributed by atoms with Crippen molar-refractivity contribution >= 4 is 11.9 Å². The van der Waals surface area contributed by atoms with Gasteiger partial charge in [0.25, 0.3) is 0 Å². The molecule has 0 aliphatic rings. The summed E-state index contributed by atoms with van der Waals surface area (Å²) in [5.74, 6) is -1.15. The molecule has 110 valence electrons. The molecule has 0 saturated carbocycles. The van der Waals surface area contributed by atoms with E-state index >= 15 is 0 Å². The monoisotopic (exact) mass is 281 g/mol. The Labute approximate surface area is 117 Å². The number of methoxy groups -OCH3 is 1. The quantitative estimate of drug-likeness (QED) is 0.641. The first-order chi connectivity index (χ1) is 9.20. The van der Waals surface area contributed by atoms with Crippen molar-refractivity contribution in [1.29, 1.82) is 0 Å². The number of benzene rings is 1. The van der Waals surface area contributed by atoms with Gasteiger partial charge in [0.2, 0.25) is 0 Å². The predicted molar refractivity (Wildman–Crippen MR) is 72.1 cm³/mol. The zero-order chi connectivity index (χ0) is 15.5. The Morgan fingerprint density at radius 1 is 1.35 bits per heavy atom. The molecule has 1 atom stereocenters. The van der Waals surface area contributed by atoms with Crippen LogP contribution in [0.1, 0.15) is 32.4 Å². The molecule has 0 aliphatic heterocycles. The first kappa shape index (κ1) is 16.0. The van der Waals surface area contributed by atoms with Gasteiger partial charge < -0.3 is 20.3 Å². The van der Waals surface area contributed by atoms with E-state index in [-0.39, 0.29) is 11.5 Å². The number of ether oxygens (including phenoxy) is 2. The van der Waals surface area contributed by atoms with Crippen molar-refractivity contribution in [2.75, 3.05) is 7.11 Å². The van der Waals surface area contributed by atoms with E-state index < -0.39 is 23.4 Å². The van der Waals surface area contributed by atoms with Crippen LogP contribution in [0.3, 0.4) is 0 Å². The van der Waals surface area contributed by atoms with Gasteiger partial charge in [0, 0.05) is 13.0 Å². The second-order valence-corrected chi connectivity index (χ2v) is 5.01. The van der Waals surface area contributed by atoms with Crippen LogP contribution in [0.5, 0.6) is 11.5 Å². The summed E-state index contributed by atoms with van der Waals surface area (Å²) in [5.41, 5.74) is 5.63. The van der Waals surface area contributed by atoms with Gasteiger partial charge in [-0.2, -0.15) is 0 Å². The van der Waals surface area contributed by atoms with Gasteiger partial charge in [-0.25, -0.2) is 0 Å². The molecular weight excluding hydrogens is 262 g/mol. The number of esters is 2. The molecule has 0 unspecified atom stereocenters. The number of hydrogen-bond acceptors (Lipinski definition) is 6. The van der Waals surface area contributed by atoms with Crippen LogP contribution in [0.15, 0.2) is 18.2 Å². The van der Waals surface area contributed by atoms with Crippen LogP contribution in [0.4, 0.5) is 0 Å². The number of hydrogen-bond donors (Lipinski definition) is 2. The number of phenols is 1. The molecule has 1 aromatic carbocycles. The van der Waals surface area contributed by atoms with Crippen LogP contribution in [0.2, 0.25) is 0 Å². The number of carbonyl (C=O) groups is 2. The second kappa shape index (κ2) is 5.92. The second-order valence-electron chi connectivity index (χ2n) is 5.01. The van der Waals surface area contributed by atoms with Crippen molar-refractivity contribution < 1.29 is 24.2 Å². The smallest absolute Gasteiger partial charge is 0.313 e. The first-order valence-electron chi connectivity index (χ1n) is 6.05. The molecule has 0 heterocycles. The van der Waals surface area contributed by atoms with Crippen LogP contribution in [-0.4, -0.2) is 24.2 Å². The maximum atomic E-state index is 11.7. The maximum absolute atomic E-state index is 11.7. The summed E-state index contributed by atoms with van der Waals surface area (Å²) in [6.07, 6.45) is 0. The van der Waals surface area contributed by atoms with Gasteiger partial charge in [-0.3, -0.25) is 9.59 Å². The zero-order valence-corrected chi connectivity index (χ0v) is 12.0. The van der Waals surface area contributed by atoms with Gasteiger partial charge >= 0.3 is 11.9 Å². The largest absolute Gasteiger partial charge is 0.504 e. The Morgan fingerprint density at radius 3 is 2.40 bits per heavy atom. The van der Waals surface area contributed by atoms with Crippen molar-refractivity contribution in [3.63, 3.8) is 0 Å². The molecule has 0 bridgehead atoms. The molecule has 0 aliphatic carbocycles. The molecule has 0 aromatic heterocycles. The maximum Gasteiger partial charge on any atom is 0.313 e. The molecule has 1 aromatic rings. The fraction of sp³-hybridized carbons (Fsp3) is 0.429. The van der Waals surface area contributed by atoms with Crippen LogP contribution in [-0.2, 0) is 14.3 Å². The lowest BCUT2D eigenvalue weighted by atomic mass is 9.81. The third-order valence-electron chi connectivity index (χ3n) is 3.08. The Hall–Kier alpha value is -2.08. The van der Waals surface area contributed by atoms with Gasteiger partial charge in [-0.15, -0.1) is 0 Å². The lowest BCUT2D eigenvalue weighted by molar-refractivity contribution is -0.152. The van der Waals surface area contributed by atoms with Gasteiger partial charge in [0.05, 0.1) is 12.5 Å². The predicted octanol–water partition coefficient (Wildman–Crippen LogP) is 1.52.